The number of carboxylic acids is 1. The molecule has 3 saturated carbocycles. The van der Waals surface area contributed by atoms with Crippen molar-refractivity contribution in [2.75, 3.05) is 0 Å². The third kappa shape index (κ3) is 2.65. The van der Waals surface area contributed by atoms with Crippen molar-refractivity contribution >= 4 is 5.97 Å². The van der Waals surface area contributed by atoms with Crippen LogP contribution >= 0.6 is 0 Å². The quantitative estimate of drug-likeness (QED) is 0.425. The number of fused-ring (bicyclic) bond motifs is 8. The molecule has 0 spiro atoms. The van der Waals surface area contributed by atoms with Gasteiger partial charge in [-0.2, -0.15) is 0 Å². The first-order valence-electron chi connectivity index (χ1n) is 14.2. The van der Waals surface area contributed by atoms with E-state index in [-0.39, 0.29) is 27.6 Å². The molecule has 0 aromatic carbocycles. The maximum Gasteiger partial charge on any atom is 0.310 e. The molecule has 0 radical (unpaired) electrons. The van der Waals surface area contributed by atoms with Crippen LogP contribution in [0.25, 0.3) is 0 Å². The fraction of sp³-hybridized carbons (Fsp3) is 0.806. The topological polar surface area (TPSA) is 63.3 Å². The van der Waals surface area contributed by atoms with E-state index in [2.05, 4.69) is 59.7 Å². The van der Waals surface area contributed by atoms with Crippen LogP contribution in [0.5, 0.6) is 0 Å². The fourth-order valence-corrected chi connectivity index (χ4v) is 11.1. The van der Waals surface area contributed by atoms with Crippen LogP contribution in [0.1, 0.15) is 105 Å². The highest BCUT2D eigenvalue weighted by Crippen LogP contribution is 2.75. The van der Waals surface area contributed by atoms with E-state index in [4.69, 9.17) is 4.52 Å². The minimum Gasteiger partial charge on any atom is -0.481 e. The van der Waals surface area contributed by atoms with Gasteiger partial charge in [-0.25, -0.2) is 0 Å². The van der Waals surface area contributed by atoms with Crippen LogP contribution in [0.15, 0.2) is 22.4 Å². The van der Waals surface area contributed by atoms with Crippen molar-refractivity contribution < 1.29 is 14.4 Å². The summed E-state index contributed by atoms with van der Waals surface area (Å²) in [6, 6.07) is 0. The average Bonchev–Trinajstić information content (AvgIpc) is 3.25. The third-order valence-corrected chi connectivity index (χ3v) is 13.4. The van der Waals surface area contributed by atoms with E-state index in [9.17, 15) is 9.90 Å². The van der Waals surface area contributed by atoms with Crippen LogP contribution in [0.2, 0.25) is 0 Å². The Labute approximate surface area is 211 Å². The normalized spacial score (nSPS) is 50.0. The molecular formula is C31H45NO3. The molecule has 4 heteroatoms. The standard InChI is InChI=1S/C31H45NO3/c1-18-10-13-31(26(33)34)15-14-29(6)21(24(31)19(18)2)8-9-23-28(5)16-20-17-32-35-25(20)27(3,4)22(28)11-12-30(23,29)7/h8,17-19,22-24H,9-16H2,1-7H3,(H,33,34)/t18-,19+,22+,23-,24+,28+,29-,30-,31+/m1/s1. The average molecular weight is 480 g/mol. The summed E-state index contributed by atoms with van der Waals surface area (Å²) >= 11 is 0. The van der Waals surface area contributed by atoms with Crippen LogP contribution in [-0.4, -0.2) is 16.2 Å². The van der Waals surface area contributed by atoms with Crippen LogP contribution < -0.4 is 0 Å². The summed E-state index contributed by atoms with van der Waals surface area (Å²) in [6.07, 6.45) is 12.8. The van der Waals surface area contributed by atoms with Crippen molar-refractivity contribution in [3.8, 4) is 0 Å². The number of nitrogens with zero attached hydrogens (tertiary/aromatic N) is 1. The number of rotatable bonds is 1. The Morgan fingerprint density at radius 1 is 1.03 bits per heavy atom. The highest BCUT2D eigenvalue weighted by molar-refractivity contribution is 5.76. The van der Waals surface area contributed by atoms with Gasteiger partial charge in [-0.05, 0) is 97.2 Å². The highest BCUT2D eigenvalue weighted by atomic mass is 16.5. The molecule has 192 valence electrons. The predicted molar refractivity (Wildman–Crippen MR) is 137 cm³/mol. The molecule has 9 atom stereocenters. The number of allylic oxidation sites excluding steroid dienone is 2. The van der Waals surface area contributed by atoms with Gasteiger partial charge in [0.25, 0.3) is 0 Å². The molecule has 5 aliphatic rings. The fourth-order valence-electron chi connectivity index (χ4n) is 11.1. The molecule has 35 heavy (non-hydrogen) atoms. The molecule has 0 saturated heterocycles. The smallest absolute Gasteiger partial charge is 0.310 e. The molecule has 1 aromatic rings. The van der Waals surface area contributed by atoms with Gasteiger partial charge in [0, 0.05) is 11.0 Å². The lowest BCUT2D eigenvalue weighted by Crippen LogP contribution is -2.65. The summed E-state index contributed by atoms with van der Waals surface area (Å²) in [7, 11) is 0. The number of carboxylic acid groups (broad SMARTS) is 1. The summed E-state index contributed by atoms with van der Waals surface area (Å²) in [5, 5.41) is 14.8. The molecule has 3 fully saturated rings. The van der Waals surface area contributed by atoms with E-state index in [1.807, 2.05) is 6.20 Å². The molecular weight excluding hydrogens is 434 g/mol. The first kappa shape index (κ1) is 23.8. The van der Waals surface area contributed by atoms with Crippen LogP contribution in [-0.2, 0) is 16.6 Å². The van der Waals surface area contributed by atoms with Crippen molar-refractivity contribution in [3.05, 3.63) is 29.2 Å². The summed E-state index contributed by atoms with van der Waals surface area (Å²) in [6.45, 7) is 17.1. The summed E-state index contributed by atoms with van der Waals surface area (Å²) < 4.78 is 5.83. The molecule has 1 aromatic heterocycles. The second-order valence-electron chi connectivity index (χ2n) is 14.7. The van der Waals surface area contributed by atoms with Gasteiger partial charge >= 0.3 is 5.97 Å². The Hall–Kier alpha value is -1.58. The van der Waals surface area contributed by atoms with E-state index < -0.39 is 11.4 Å². The molecule has 0 unspecified atom stereocenters. The molecule has 4 nitrogen and oxygen atoms in total. The second kappa shape index (κ2) is 7.04. The van der Waals surface area contributed by atoms with Crippen molar-refractivity contribution in [2.24, 2.45) is 51.2 Å². The Kier molecular flexibility index (Phi) is 4.79. The monoisotopic (exact) mass is 479 g/mol. The minimum absolute atomic E-state index is 0.0105. The summed E-state index contributed by atoms with van der Waals surface area (Å²) in [5.74, 6) is 2.91. The van der Waals surface area contributed by atoms with Crippen molar-refractivity contribution in [3.63, 3.8) is 0 Å². The Bertz CT molecular complexity index is 1100. The lowest BCUT2D eigenvalue weighted by atomic mass is 9.33. The van der Waals surface area contributed by atoms with Crippen LogP contribution in [0.4, 0.5) is 0 Å². The maximum absolute atomic E-state index is 12.9. The van der Waals surface area contributed by atoms with E-state index in [1.54, 1.807) is 0 Å². The highest BCUT2D eigenvalue weighted by Gasteiger charge is 2.69. The van der Waals surface area contributed by atoms with Gasteiger partial charge in [-0.3, -0.25) is 4.79 Å². The van der Waals surface area contributed by atoms with E-state index in [0.29, 0.717) is 23.7 Å². The molecule has 1 N–H and O–H groups in total. The van der Waals surface area contributed by atoms with Crippen molar-refractivity contribution in [1.82, 2.24) is 5.16 Å². The first-order valence-corrected chi connectivity index (χ1v) is 14.2. The molecule has 5 aliphatic carbocycles. The zero-order valence-electron chi connectivity index (χ0n) is 22.9. The molecule has 0 aliphatic heterocycles. The second-order valence-corrected chi connectivity index (χ2v) is 14.7. The lowest BCUT2D eigenvalue weighted by Gasteiger charge is -2.70. The van der Waals surface area contributed by atoms with Crippen LogP contribution in [0.3, 0.4) is 0 Å². The number of hydrogen-bond donors (Lipinski definition) is 1. The summed E-state index contributed by atoms with van der Waals surface area (Å²) in [5.41, 5.74) is 2.69. The first-order chi connectivity index (χ1) is 16.3. The van der Waals surface area contributed by atoms with Crippen molar-refractivity contribution in [2.45, 2.75) is 105 Å². The van der Waals surface area contributed by atoms with Gasteiger partial charge in [0.2, 0.25) is 0 Å². The Morgan fingerprint density at radius 3 is 2.49 bits per heavy atom. The summed E-state index contributed by atoms with van der Waals surface area (Å²) in [4.78, 5) is 12.9. The minimum atomic E-state index is -0.564. The lowest BCUT2D eigenvalue weighted by molar-refractivity contribution is -0.179. The third-order valence-electron chi connectivity index (χ3n) is 13.4. The van der Waals surface area contributed by atoms with E-state index in [1.165, 1.54) is 24.0 Å². The zero-order chi connectivity index (χ0) is 25.2. The Morgan fingerprint density at radius 2 is 1.77 bits per heavy atom. The number of carbonyl (C=O) groups is 1. The molecule has 0 bridgehead atoms. The molecule has 0 amide bonds. The molecule has 1 heterocycles. The predicted octanol–water partition coefficient (Wildman–Crippen LogP) is 7.43. The zero-order valence-corrected chi connectivity index (χ0v) is 22.9. The number of aliphatic carboxylic acids is 1. The van der Waals surface area contributed by atoms with Crippen LogP contribution in [0, 0.1) is 51.2 Å². The van der Waals surface area contributed by atoms with Gasteiger partial charge in [0.1, 0.15) is 5.76 Å². The van der Waals surface area contributed by atoms with Gasteiger partial charge in [-0.15, -0.1) is 0 Å². The van der Waals surface area contributed by atoms with Gasteiger partial charge in [-0.1, -0.05) is 65.3 Å². The maximum atomic E-state index is 12.9. The SMILES string of the molecule is C[C@H]1[C@H](C)CC[C@]2(C(=O)O)CC[C@]3(C)C(=CC[C@@H]4[C@@]5(C)Cc6cnoc6C(C)(C)[C@@H]5CC[C@]43C)[C@H]12. The van der Waals surface area contributed by atoms with Gasteiger partial charge in [0.15, 0.2) is 0 Å². The van der Waals surface area contributed by atoms with Crippen molar-refractivity contribution in [1.29, 1.82) is 0 Å². The molecule has 6 rings (SSSR count). The Balaban J connectivity index is 1.48. The number of aromatic nitrogens is 1. The number of hydrogen-bond acceptors (Lipinski definition) is 3. The van der Waals surface area contributed by atoms with Gasteiger partial charge < -0.3 is 9.63 Å². The van der Waals surface area contributed by atoms with Gasteiger partial charge in [0.05, 0.1) is 11.6 Å². The largest absolute Gasteiger partial charge is 0.481 e. The van der Waals surface area contributed by atoms with E-state index >= 15 is 0 Å². The van der Waals surface area contributed by atoms with E-state index in [0.717, 1.165) is 44.3 Å².